The first kappa shape index (κ1) is 20.9. The molecule has 0 saturated heterocycles. The van der Waals surface area contributed by atoms with E-state index in [0.29, 0.717) is 32.1 Å². The molecule has 1 heterocycles. The molecule has 0 unspecified atom stereocenters. The van der Waals surface area contributed by atoms with E-state index < -0.39 is 0 Å². The number of hydrogen-bond donors (Lipinski definition) is 1. The van der Waals surface area contributed by atoms with E-state index in [2.05, 4.69) is 32.2 Å². The highest BCUT2D eigenvalue weighted by molar-refractivity contribution is 7.16. The molecule has 1 amide bonds. The van der Waals surface area contributed by atoms with Crippen LogP contribution in [0.3, 0.4) is 0 Å². The van der Waals surface area contributed by atoms with E-state index in [1.165, 1.54) is 22.3 Å². The third kappa shape index (κ3) is 4.60. The average Bonchev–Trinajstić information content (AvgIpc) is 2.96. The number of hydrogen-bond acceptors (Lipinski definition) is 3. The molecule has 1 N–H and O–H groups in total. The summed E-state index contributed by atoms with van der Waals surface area (Å²) in [6, 6.07) is 7.40. The van der Waals surface area contributed by atoms with Crippen molar-refractivity contribution in [2.75, 3.05) is 5.32 Å². The van der Waals surface area contributed by atoms with Gasteiger partial charge in [0, 0.05) is 21.0 Å². The van der Waals surface area contributed by atoms with Crippen molar-refractivity contribution in [1.82, 2.24) is 0 Å². The zero-order valence-corrected chi connectivity index (χ0v) is 18.4. The summed E-state index contributed by atoms with van der Waals surface area (Å²) in [4.78, 5) is 13.6. The second kappa shape index (κ2) is 8.29. The van der Waals surface area contributed by atoms with Gasteiger partial charge in [0.15, 0.2) is 0 Å². The molecule has 146 valence electrons. The molecule has 2 aromatic rings. The lowest BCUT2D eigenvalue weighted by atomic mass is 9.72. The van der Waals surface area contributed by atoms with E-state index in [1.807, 2.05) is 0 Å². The minimum Gasteiger partial charge on any atom is -0.313 e. The maximum atomic E-state index is 12.4. The van der Waals surface area contributed by atoms with E-state index in [1.54, 1.807) is 24.3 Å². The maximum absolute atomic E-state index is 12.4. The Hall–Kier alpha value is -1.80. The van der Waals surface area contributed by atoms with Crippen LogP contribution in [0.4, 0.5) is 5.00 Å². The zero-order valence-electron chi connectivity index (χ0n) is 16.1. The standard InChI is InChI=1S/C22H22Cl2N2OS/c1-22(2,3)14-6-8-16-17(12-25)21(28-19(16)10-14)26-20(27)9-5-13-4-7-15(23)11-18(13)24/h4-5,7,9,11,14H,6,8,10H2,1-3H3,(H,26,27)/b9-5+/t14-/m1/s1. The lowest BCUT2D eigenvalue weighted by molar-refractivity contribution is -0.111. The van der Waals surface area contributed by atoms with Gasteiger partial charge in [0.1, 0.15) is 11.1 Å². The van der Waals surface area contributed by atoms with Gasteiger partial charge in [-0.15, -0.1) is 11.3 Å². The lowest BCUT2D eigenvalue weighted by Crippen LogP contribution is -2.26. The van der Waals surface area contributed by atoms with Crippen molar-refractivity contribution >= 4 is 51.5 Å². The molecule has 28 heavy (non-hydrogen) atoms. The van der Waals surface area contributed by atoms with Crippen LogP contribution in [0.1, 0.15) is 48.8 Å². The molecule has 3 nitrogen and oxygen atoms in total. The van der Waals surface area contributed by atoms with Crippen LogP contribution in [0, 0.1) is 22.7 Å². The number of carbonyl (C=O) groups is 1. The Bertz CT molecular complexity index is 980. The van der Waals surface area contributed by atoms with Gasteiger partial charge in [-0.25, -0.2) is 0 Å². The molecule has 0 spiro atoms. The van der Waals surface area contributed by atoms with E-state index >= 15 is 0 Å². The first-order valence-corrected chi connectivity index (χ1v) is 10.7. The Morgan fingerprint density at radius 3 is 2.75 bits per heavy atom. The molecule has 0 aliphatic heterocycles. The monoisotopic (exact) mass is 432 g/mol. The van der Waals surface area contributed by atoms with Crippen LogP contribution in [0.15, 0.2) is 24.3 Å². The second-order valence-electron chi connectivity index (χ2n) is 8.11. The summed E-state index contributed by atoms with van der Waals surface area (Å²) < 4.78 is 0. The summed E-state index contributed by atoms with van der Waals surface area (Å²) in [5.41, 5.74) is 2.66. The van der Waals surface area contributed by atoms with Gasteiger partial charge < -0.3 is 5.32 Å². The number of nitrogens with zero attached hydrogens (tertiary/aromatic N) is 1. The zero-order chi connectivity index (χ0) is 20.5. The summed E-state index contributed by atoms with van der Waals surface area (Å²) >= 11 is 13.6. The van der Waals surface area contributed by atoms with Gasteiger partial charge >= 0.3 is 0 Å². The van der Waals surface area contributed by atoms with Crippen molar-refractivity contribution in [3.8, 4) is 6.07 Å². The molecular weight excluding hydrogens is 411 g/mol. The van der Waals surface area contributed by atoms with Crippen LogP contribution in [0.5, 0.6) is 0 Å². The molecule has 3 rings (SSSR count). The van der Waals surface area contributed by atoms with Crippen LogP contribution >= 0.6 is 34.5 Å². The van der Waals surface area contributed by atoms with Gasteiger partial charge in [0.05, 0.1) is 5.56 Å². The third-order valence-electron chi connectivity index (χ3n) is 5.22. The predicted octanol–water partition coefficient (Wildman–Crippen LogP) is 6.73. The van der Waals surface area contributed by atoms with Crippen molar-refractivity contribution in [2.45, 2.75) is 40.0 Å². The Balaban J connectivity index is 1.78. The number of fused-ring (bicyclic) bond motifs is 1. The van der Waals surface area contributed by atoms with E-state index in [0.717, 1.165) is 24.8 Å². The Morgan fingerprint density at radius 1 is 1.36 bits per heavy atom. The minimum absolute atomic E-state index is 0.235. The number of benzene rings is 1. The van der Waals surface area contributed by atoms with Gasteiger partial charge in [-0.1, -0.05) is 50.0 Å². The summed E-state index contributed by atoms with van der Waals surface area (Å²) in [5.74, 6) is 0.300. The van der Waals surface area contributed by atoms with Crippen LogP contribution in [0.25, 0.3) is 6.08 Å². The summed E-state index contributed by atoms with van der Waals surface area (Å²) in [7, 11) is 0. The van der Waals surface area contributed by atoms with Gasteiger partial charge in [0.2, 0.25) is 5.91 Å². The summed E-state index contributed by atoms with van der Waals surface area (Å²) in [5, 5.41) is 14.2. The molecule has 1 aliphatic carbocycles. The van der Waals surface area contributed by atoms with E-state index in [4.69, 9.17) is 23.2 Å². The number of amides is 1. The Labute approximate surface area is 180 Å². The Kier molecular flexibility index (Phi) is 6.19. The first-order chi connectivity index (χ1) is 13.2. The molecule has 1 aliphatic rings. The number of carbonyl (C=O) groups excluding carboxylic acids is 1. The van der Waals surface area contributed by atoms with Crippen LogP contribution in [-0.2, 0) is 17.6 Å². The number of rotatable bonds is 3. The highest BCUT2D eigenvalue weighted by Crippen LogP contribution is 2.44. The third-order valence-corrected chi connectivity index (χ3v) is 6.95. The van der Waals surface area contributed by atoms with Gasteiger partial charge in [-0.2, -0.15) is 5.26 Å². The van der Waals surface area contributed by atoms with Crippen molar-refractivity contribution in [3.05, 3.63) is 55.9 Å². The minimum atomic E-state index is -0.284. The molecular formula is C22H22Cl2N2OS. The fourth-order valence-corrected chi connectivity index (χ4v) is 5.24. The normalized spacial score (nSPS) is 16.6. The quantitative estimate of drug-likeness (QED) is 0.546. The molecule has 1 atom stereocenters. The van der Waals surface area contributed by atoms with Crippen LogP contribution in [-0.4, -0.2) is 5.91 Å². The number of halogens is 2. The first-order valence-electron chi connectivity index (χ1n) is 9.17. The number of nitrogens with one attached hydrogen (secondary N) is 1. The lowest BCUT2D eigenvalue weighted by Gasteiger charge is -2.33. The van der Waals surface area contributed by atoms with Crippen LogP contribution in [0.2, 0.25) is 10.0 Å². The molecule has 6 heteroatoms. The summed E-state index contributed by atoms with van der Waals surface area (Å²) in [6.07, 6.45) is 5.99. The topological polar surface area (TPSA) is 52.9 Å². The van der Waals surface area contributed by atoms with Crippen molar-refractivity contribution < 1.29 is 4.79 Å². The largest absolute Gasteiger partial charge is 0.313 e. The van der Waals surface area contributed by atoms with Gasteiger partial charge in [-0.05, 0) is 59.9 Å². The van der Waals surface area contributed by atoms with Gasteiger partial charge in [0.25, 0.3) is 0 Å². The molecule has 1 aromatic carbocycles. The number of nitriles is 1. The number of anilines is 1. The molecule has 0 fully saturated rings. The fraction of sp³-hybridized carbons (Fsp3) is 0.364. The Morgan fingerprint density at radius 2 is 2.11 bits per heavy atom. The number of thiophene rings is 1. The highest BCUT2D eigenvalue weighted by atomic mass is 35.5. The summed E-state index contributed by atoms with van der Waals surface area (Å²) in [6.45, 7) is 6.78. The van der Waals surface area contributed by atoms with Gasteiger partial charge in [-0.3, -0.25) is 4.79 Å². The molecule has 0 saturated carbocycles. The molecule has 0 radical (unpaired) electrons. The molecule has 0 bridgehead atoms. The molecule has 1 aromatic heterocycles. The maximum Gasteiger partial charge on any atom is 0.249 e. The van der Waals surface area contributed by atoms with Crippen molar-refractivity contribution in [1.29, 1.82) is 5.26 Å². The highest BCUT2D eigenvalue weighted by Gasteiger charge is 2.32. The van der Waals surface area contributed by atoms with Crippen molar-refractivity contribution in [3.63, 3.8) is 0 Å². The fourth-order valence-electron chi connectivity index (χ4n) is 3.49. The smallest absolute Gasteiger partial charge is 0.249 e. The van der Waals surface area contributed by atoms with E-state index in [-0.39, 0.29) is 11.3 Å². The van der Waals surface area contributed by atoms with Crippen LogP contribution < -0.4 is 5.32 Å². The second-order valence-corrected chi connectivity index (χ2v) is 10.1. The average molecular weight is 433 g/mol. The predicted molar refractivity (Wildman–Crippen MR) is 118 cm³/mol. The SMILES string of the molecule is CC(C)(C)[C@@H]1CCc2c(sc(NC(=O)/C=C/c3ccc(Cl)cc3Cl)c2C#N)C1. The van der Waals surface area contributed by atoms with Crippen molar-refractivity contribution in [2.24, 2.45) is 11.3 Å². The van der Waals surface area contributed by atoms with E-state index in [9.17, 15) is 10.1 Å².